The van der Waals surface area contributed by atoms with Crippen LogP contribution in [0.1, 0.15) is 11.6 Å². The van der Waals surface area contributed by atoms with Gasteiger partial charge in [-0.15, -0.1) is 0 Å². The number of nitrogens with one attached hydrogen (secondary N) is 1. The molecule has 0 radical (unpaired) electrons. The summed E-state index contributed by atoms with van der Waals surface area (Å²) in [5.41, 5.74) is 7.89. The molecule has 0 saturated carbocycles. The maximum absolute atomic E-state index is 6.16. The molecule has 1 atom stereocenters. The van der Waals surface area contributed by atoms with Crippen molar-refractivity contribution in [3.05, 3.63) is 57.5 Å². The van der Waals surface area contributed by atoms with Crippen LogP contribution in [0.15, 0.2) is 46.9 Å². The Morgan fingerprint density at radius 1 is 1.30 bits per heavy atom. The molecule has 2 aromatic carbocycles. The van der Waals surface area contributed by atoms with Gasteiger partial charge in [0.1, 0.15) is 5.75 Å². The summed E-state index contributed by atoms with van der Waals surface area (Å²) in [7, 11) is 1.60. The van der Waals surface area contributed by atoms with Gasteiger partial charge in [-0.1, -0.05) is 29.8 Å². The topological polar surface area (TPSA) is 47.3 Å². The minimum atomic E-state index is -0.0166. The van der Waals surface area contributed by atoms with E-state index in [0.29, 0.717) is 17.3 Å². The molecule has 3 nitrogen and oxygen atoms in total. The third kappa shape index (κ3) is 3.45. The van der Waals surface area contributed by atoms with Crippen LogP contribution in [-0.4, -0.2) is 13.7 Å². The van der Waals surface area contributed by atoms with Crippen molar-refractivity contribution in [1.82, 2.24) is 0 Å². The van der Waals surface area contributed by atoms with E-state index in [1.807, 2.05) is 42.5 Å². The quantitative estimate of drug-likeness (QED) is 0.844. The molecule has 0 saturated heterocycles. The van der Waals surface area contributed by atoms with Crippen molar-refractivity contribution in [2.24, 2.45) is 5.73 Å². The Hall–Kier alpha value is -1.23. The number of halogens is 2. The fraction of sp³-hybridized carbons (Fsp3) is 0.200. The summed E-state index contributed by atoms with van der Waals surface area (Å²) in [6.07, 6.45) is 0. The second-order valence-electron chi connectivity index (χ2n) is 4.31. The average Bonchev–Trinajstić information content (AvgIpc) is 2.46. The van der Waals surface area contributed by atoms with Gasteiger partial charge in [-0.25, -0.2) is 0 Å². The Kier molecular flexibility index (Phi) is 5.29. The van der Waals surface area contributed by atoms with E-state index in [2.05, 4.69) is 21.2 Å². The third-order valence-electron chi connectivity index (χ3n) is 3.02. The summed E-state index contributed by atoms with van der Waals surface area (Å²) in [4.78, 5) is 0. The number of ether oxygens (including phenoxy) is 1. The van der Waals surface area contributed by atoms with Crippen LogP contribution in [0.3, 0.4) is 0 Å². The molecule has 0 aliphatic rings. The third-order valence-corrected chi connectivity index (χ3v) is 4.00. The highest BCUT2D eigenvalue weighted by Crippen LogP contribution is 2.30. The van der Waals surface area contributed by atoms with Gasteiger partial charge in [0.25, 0.3) is 0 Å². The van der Waals surface area contributed by atoms with E-state index in [-0.39, 0.29) is 6.04 Å². The van der Waals surface area contributed by atoms with Crippen molar-refractivity contribution in [2.75, 3.05) is 19.0 Å². The van der Waals surface area contributed by atoms with E-state index in [0.717, 1.165) is 15.7 Å². The van der Waals surface area contributed by atoms with Crippen molar-refractivity contribution in [3.8, 4) is 5.75 Å². The number of para-hydroxylation sites is 1. The summed E-state index contributed by atoms with van der Waals surface area (Å²) in [6, 6.07) is 13.6. The van der Waals surface area contributed by atoms with Crippen LogP contribution in [-0.2, 0) is 0 Å². The molecule has 0 heterocycles. The van der Waals surface area contributed by atoms with E-state index in [4.69, 9.17) is 22.1 Å². The lowest BCUT2D eigenvalue weighted by Crippen LogP contribution is -2.20. The predicted octanol–water partition coefficient (Wildman–Crippen LogP) is 4.22. The van der Waals surface area contributed by atoms with E-state index in [9.17, 15) is 0 Å². The molecule has 0 aliphatic carbocycles. The molecular weight excluding hydrogens is 340 g/mol. The van der Waals surface area contributed by atoms with Gasteiger partial charge in [0, 0.05) is 16.7 Å². The average molecular weight is 356 g/mol. The minimum Gasteiger partial charge on any atom is -0.495 e. The molecular formula is C15H16BrClN2O. The molecule has 20 heavy (non-hydrogen) atoms. The van der Waals surface area contributed by atoms with Crippen LogP contribution >= 0.6 is 27.5 Å². The van der Waals surface area contributed by atoms with Gasteiger partial charge in [-0.2, -0.15) is 0 Å². The maximum Gasteiger partial charge on any atom is 0.137 e. The number of anilines is 1. The molecule has 2 rings (SSSR count). The van der Waals surface area contributed by atoms with Gasteiger partial charge in [-0.05, 0) is 45.8 Å². The van der Waals surface area contributed by atoms with Gasteiger partial charge in [-0.3, -0.25) is 0 Å². The Morgan fingerprint density at radius 2 is 2.05 bits per heavy atom. The van der Waals surface area contributed by atoms with Crippen LogP contribution in [0.2, 0.25) is 5.02 Å². The fourth-order valence-corrected chi connectivity index (χ4v) is 2.61. The first-order valence-electron chi connectivity index (χ1n) is 6.20. The molecule has 106 valence electrons. The van der Waals surface area contributed by atoms with Crippen molar-refractivity contribution >= 4 is 33.2 Å². The summed E-state index contributed by atoms with van der Waals surface area (Å²) in [5.74, 6) is 0.659. The molecule has 0 bridgehead atoms. The molecule has 2 aromatic rings. The number of methoxy groups -OCH3 is 1. The first-order valence-corrected chi connectivity index (χ1v) is 7.37. The normalized spacial score (nSPS) is 12.0. The molecule has 1 unspecified atom stereocenters. The Morgan fingerprint density at radius 3 is 2.65 bits per heavy atom. The van der Waals surface area contributed by atoms with Gasteiger partial charge in [0.15, 0.2) is 0 Å². The predicted molar refractivity (Wildman–Crippen MR) is 87.6 cm³/mol. The number of rotatable bonds is 5. The van der Waals surface area contributed by atoms with Crippen LogP contribution < -0.4 is 15.8 Å². The summed E-state index contributed by atoms with van der Waals surface area (Å²) < 4.78 is 6.16. The SMILES string of the molecule is COc1ccc(C(CN)Nc2ccccc2Br)cc1Cl. The monoisotopic (exact) mass is 354 g/mol. The number of benzene rings is 2. The van der Waals surface area contributed by atoms with Crippen molar-refractivity contribution in [1.29, 1.82) is 0 Å². The maximum atomic E-state index is 6.16. The second-order valence-corrected chi connectivity index (χ2v) is 5.57. The summed E-state index contributed by atoms with van der Waals surface area (Å²) in [6.45, 7) is 0.462. The van der Waals surface area contributed by atoms with Crippen LogP contribution in [0.25, 0.3) is 0 Å². The number of nitrogens with two attached hydrogens (primary N) is 1. The largest absolute Gasteiger partial charge is 0.495 e. The van der Waals surface area contributed by atoms with Crippen LogP contribution in [0.4, 0.5) is 5.69 Å². The zero-order valence-corrected chi connectivity index (χ0v) is 13.4. The Balaban J connectivity index is 2.24. The molecule has 0 amide bonds. The van der Waals surface area contributed by atoms with Gasteiger partial charge in [0.2, 0.25) is 0 Å². The Bertz CT molecular complexity index is 592. The highest BCUT2D eigenvalue weighted by atomic mass is 79.9. The molecule has 0 aliphatic heterocycles. The first-order chi connectivity index (χ1) is 9.65. The van der Waals surface area contributed by atoms with E-state index < -0.39 is 0 Å². The zero-order chi connectivity index (χ0) is 14.5. The van der Waals surface area contributed by atoms with Crippen LogP contribution in [0, 0.1) is 0 Å². The lowest BCUT2D eigenvalue weighted by atomic mass is 10.1. The van der Waals surface area contributed by atoms with Gasteiger partial charge < -0.3 is 15.8 Å². The number of hydrogen-bond acceptors (Lipinski definition) is 3. The Labute approximate surface area is 132 Å². The van der Waals surface area contributed by atoms with Gasteiger partial charge in [0.05, 0.1) is 18.2 Å². The fourth-order valence-electron chi connectivity index (χ4n) is 1.94. The molecule has 0 spiro atoms. The summed E-state index contributed by atoms with van der Waals surface area (Å²) >= 11 is 9.68. The summed E-state index contributed by atoms with van der Waals surface area (Å²) in [5, 5.41) is 3.99. The molecule has 3 N–H and O–H groups in total. The lowest BCUT2D eigenvalue weighted by Gasteiger charge is -2.20. The number of hydrogen-bond donors (Lipinski definition) is 2. The molecule has 5 heteroatoms. The van der Waals surface area contributed by atoms with Gasteiger partial charge >= 0.3 is 0 Å². The molecule has 0 aromatic heterocycles. The second kappa shape index (κ2) is 6.97. The molecule has 0 fully saturated rings. The zero-order valence-electron chi connectivity index (χ0n) is 11.1. The highest BCUT2D eigenvalue weighted by Gasteiger charge is 2.13. The smallest absolute Gasteiger partial charge is 0.137 e. The van der Waals surface area contributed by atoms with Crippen molar-refractivity contribution in [3.63, 3.8) is 0 Å². The van der Waals surface area contributed by atoms with E-state index in [1.165, 1.54) is 0 Å². The lowest BCUT2D eigenvalue weighted by molar-refractivity contribution is 0.415. The highest BCUT2D eigenvalue weighted by molar-refractivity contribution is 9.10. The van der Waals surface area contributed by atoms with Crippen LogP contribution in [0.5, 0.6) is 5.75 Å². The minimum absolute atomic E-state index is 0.0166. The van der Waals surface area contributed by atoms with E-state index >= 15 is 0 Å². The van der Waals surface area contributed by atoms with Crippen molar-refractivity contribution in [2.45, 2.75) is 6.04 Å². The standard InChI is InChI=1S/C15H16BrClN2O/c1-20-15-7-6-10(8-12(15)17)14(9-18)19-13-5-3-2-4-11(13)16/h2-8,14,19H,9,18H2,1H3. The van der Waals surface area contributed by atoms with Crippen molar-refractivity contribution < 1.29 is 4.74 Å². The first kappa shape index (κ1) is 15.2. The van der Waals surface area contributed by atoms with E-state index in [1.54, 1.807) is 7.11 Å².